The summed E-state index contributed by atoms with van der Waals surface area (Å²) < 4.78 is 2.21. The average molecular weight is 271 g/mol. The molecule has 3 unspecified atom stereocenters. The summed E-state index contributed by atoms with van der Waals surface area (Å²) in [5.74, 6) is 3.37. The van der Waals surface area contributed by atoms with Crippen LogP contribution in [0.4, 0.5) is 5.69 Å². The van der Waals surface area contributed by atoms with Gasteiger partial charge in [0, 0.05) is 12.2 Å². The zero-order valence-electron chi connectivity index (χ0n) is 11.6. The fourth-order valence-electron chi connectivity index (χ4n) is 4.36. The molecule has 0 aliphatic heterocycles. The molecule has 1 aromatic heterocycles. The number of nitrogens with zero attached hydrogens (tertiary/aromatic N) is 2. The summed E-state index contributed by atoms with van der Waals surface area (Å²) in [4.78, 5) is 4.53. The number of nitrogen functional groups attached to an aromatic ring is 1. The summed E-state index contributed by atoms with van der Waals surface area (Å²) >= 11 is 0. The number of imidazole rings is 1. The first-order valence-electron chi connectivity index (χ1n) is 7.60. The first-order chi connectivity index (χ1) is 9.74. The molecule has 2 fully saturated rings. The van der Waals surface area contributed by atoms with Crippen LogP contribution < -0.4 is 5.73 Å². The van der Waals surface area contributed by atoms with Crippen molar-refractivity contribution in [3.8, 4) is 0 Å². The molecular weight excluding hydrogens is 250 g/mol. The van der Waals surface area contributed by atoms with Crippen LogP contribution in [-0.2, 0) is 13.2 Å². The topological polar surface area (TPSA) is 64.1 Å². The number of hydrogen-bond acceptors (Lipinski definition) is 3. The van der Waals surface area contributed by atoms with E-state index in [2.05, 4.69) is 9.55 Å². The van der Waals surface area contributed by atoms with Gasteiger partial charge in [-0.05, 0) is 55.2 Å². The molecule has 2 saturated carbocycles. The summed E-state index contributed by atoms with van der Waals surface area (Å²) in [5.41, 5.74) is 8.56. The van der Waals surface area contributed by atoms with Gasteiger partial charge >= 0.3 is 0 Å². The summed E-state index contributed by atoms with van der Waals surface area (Å²) in [5, 5.41) is 9.58. The molecule has 0 amide bonds. The second-order valence-electron chi connectivity index (χ2n) is 6.48. The average Bonchev–Trinajstić information content (AvgIpc) is 3.12. The molecule has 4 heteroatoms. The Hall–Kier alpha value is -1.55. The molecule has 2 aliphatic carbocycles. The van der Waals surface area contributed by atoms with E-state index in [4.69, 9.17) is 5.73 Å². The van der Waals surface area contributed by atoms with Crippen LogP contribution in [0, 0.1) is 17.8 Å². The molecule has 2 bridgehead atoms. The number of benzene rings is 1. The summed E-state index contributed by atoms with van der Waals surface area (Å²) in [6.07, 6.45) is 5.58. The highest BCUT2D eigenvalue weighted by Crippen LogP contribution is 2.49. The van der Waals surface area contributed by atoms with Gasteiger partial charge in [-0.1, -0.05) is 6.42 Å². The molecule has 3 atom stereocenters. The van der Waals surface area contributed by atoms with E-state index >= 15 is 0 Å². The Morgan fingerprint density at radius 2 is 2.20 bits per heavy atom. The maximum atomic E-state index is 9.58. The zero-order valence-corrected chi connectivity index (χ0v) is 11.6. The molecule has 1 heterocycles. The molecule has 3 N–H and O–H groups in total. The number of aliphatic hydroxyl groups is 1. The van der Waals surface area contributed by atoms with Gasteiger partial charge in [0.15, 0.2) is 0 Å². The molecule has 20 heavy (non-hydrogen) atoms. The fraction of sp³-hybridized carbons (Fsp3) is 0.562. The van der Waals surface area contributed by atoms with Crippen molar-refractivity contribution in [2.24, 2.45) is 17.8 Å². The van der Waals surface area contributed by atoms with E-state index < -0.39 is 0 Å². The number of hydrogen-bond donors (Lipinski definition) is 2. The van der Waals surface area contributed by atoms with Crippen molar-refractivity contribution >= 4 is 16.7 Å². The number of anilines is 1. The van der Waals surface area contributed by atoms with Crippen molar-refractivity contribution < 1.29 is 5.11 Å². The van der Waals surface area contributed by atoms with Crippen LogP contribution in [0.2, 0.25) is 0 Å². The van der Waals surface area contributed by atoms with Crippen LogP contribution in [0.15, 0.2) is 18.2 Å². The van der Waals surface area contributed by atoms with Crippen LogP contribution in [0.3, 0.4) is 0 Å². The Kier molecular flexibility index (Phi) is 2.74. The Bertz CT molecular complexity index is 648. The first kappa shape index (κ1) is 12.2. The minimum absolute atomic E-state index is 0.00456. The molecule has 4 rings (SSSR count). The smallest absolute Gasteiger partial charge is 0.135 e. The monoisotopic (exact) mass is 271 g/mol. The summed E-state index contributed by atoms with van der Waals surface area (Å²) in [6.45, 7) is 0.993. The molecular formula is C16H21N3O. The highest BCUT2D eigenvalue weighted by molar-refractivity contribution is 5.79. The van der Waals surface area contributed by atoms with Crippen LogP contribution in [0.5, 0.6) is 0 Å². The van der Waals surface area contributed by atoms with Crippen molar-refractivity contribution in [1.29, 1.82) is 0 Å². The molecule has 2 aliphatic rings. The predicted molar refractivity (Wildman–Crippen MR) is 79.0 cm³/mol. The fourth-order valence-corrected chi connectivity index (χ4v) is 4.36. The van der Waals surface area contributed by atoms with Crippen molar-refractivity contribution in [3.05, 3.63) is 24.0 Å². The number of aromatic nitrogens is 2. The minimum atomic E-state index is -0.00456. The summed E-state index contributed by atoms with van der Waals surface area (Å²) in [7, 11) is 0. The highest BCUT2D eigenvalue weighted by Gasteiger charge is 2.39. The molecule has 2 aromatic rings. The number of nitrogens with two attached hydrogens (primary N) is 1. The second kappa shape index (κ2) is 4.48. The zero-order chi connectivity index (χ0) is 13.7. The standard InChI is InChI=1S/C16H21N3O/c17-13-3-4-15-14(7-13)18-16(9-20)19(15)8-12-6-10-1-2-11(12)5-10/h3-4,7,10-12,20H,1-2,5-6,8-9,17H2. The highest BCUT2D eigenvalue weighted by atomic mass is 16.3. The maximum absolute atomic E-state index is 9.58. The van der Waals surface area contributed by atoms with E-state index in [9.17, 15) is 5.11 Å². The van der Waals surface area contributed by atoms with Gasteiger partial charge in [0.1, 0.15) is 12.4 Å². The maximum Gasteiger partial charge on any atom is 0.135 e. The van der Waals surface area contributed by atoms with Gasteiger partial charge in [0.05, 0.1) is 11.0 Å². The molecule has 1 aromatic carbocycles. The van der Waals surface area contributed by atoms with E-state index in [-0.39, 0.29) is 6.61 Å². The third kappa shape index (κ3) is 1.82. The Morgan fingerprint density at radius 3 is 2.90 bits per heavy atom. The largest absolute Gasteiger partial charge is 0.399 e. The molecule has 0 spiro atoms. The summed E-state index contributed by atoms with van der Waals surface area (Å²) in [6, 6.07) is 5.85. The van der Waals surface area contributed by atoms with Gasteiger partial charge in [-0.15, -0.1) is 0 Å². The third-order valence-electron chi connectivity index (χ3n) is 5.29. The van der Waals surface area contributed by atoms with Gasteiger partial charge in [-0.25, -0.2) is 4.98 Å². The normalized spacial score (nSPS) is 28.6. The Morgan fingerprint density at radius 1 is 1.30 bits per heavy atom. The van der Waals surface area contributed by atoms with Gasteiger partial charge in [0.25, 0.3) is 0 Å². The van der Waals surface area contributed by atoms with E-state index in [1.807, 2.05) is 18.2 Å². The van der Waals surface area contributed by atoms with Crippen molar-refractivity contribution in [1.82, 2.24) is 9.55 Å². The lowest BCUT2D eigenvalue weighted by Gasteiger charge is -2.23. The molecule has 0 saturated heterocycles. The SMILES string of the molecule is Nc1ccc2c(c1)nc(CO)n2CC1CC2CCC1C2. The van der Waals surface area contributed by atoms with Crippen LogP contribution in [-0.4, -0.2) is 14.7 Å². The molecule has 106 valence electrons. The Labute approximate surface area is 118 Å². The van der Waals surface area contributed by atoms with E-state index in [0.717, 1.165) is 46.8 Å². The van der Waals surface area contributed by atoms with Crippen molar-refractivity contribution in [2.45, 2.75) is 38.8 Å². The number of rotatable bonds is 3. The van der Waals surface area contributed by atoms with E-state index in [1.165, 1.54) is 25.7 Å². The van der Waals surface area contributed by atoms with Gasteiger partial charge in [-0.3, -0.25) is 0 Å². The molecule has 4 nitrogen and oxygen atoms in total. The van der Waals surface area contributed by atoms with Crippen LogP contribution in [0.1, 0.15) is 31.5 Å². The Balaban J connectivity index is 1.71. The number of aliphatic hydroxyl groups excluding tert-OH is 1. The van der Waals surface area contributed by atoms with Gasteiger partial charge in [-0.2, -0.15) is 0 Å². The quantitative estimate of drug-likeness (QED) is 0.843. The van der Waals surface area contributed by atoms with Gasteiger partial charge < -0.3 is 15.4 Å². The lowest BCUT2D eigenvalue weighted by molar-refractivity contribution is 0.251. The predicted octanol–water partition coefficient (Wildman–Crippen LogP) is 2.55. The third-order valence-corrected chi connectivity index (χ3v) is 5.29. The van der Waals surface area contributed by atoms with Gasteiger partial charge in [0.2, 0.25) is 0 Å². The molecule has 0 radical (unpaired) electrons. The minimum Gasteiger partial charge on any atom is -0.399 e. The lowest BCUT2D eigenvalue weighted by Crippen LogP contribution is -2.18. The van der Waals surface area contributed by atoms with E-state index in [1.54, 1.807) is 0 Å². The van der Waals surface area contributed by atoms with Crippen molar-refractivity contribution in [2.75, 3.05) is 5.73 Å². The van der Waals surface area contributed by atoms with Crippen molar-refractivity contribution in [3.63, 3.8) is 0 Å². The van der Waals surface area contributed by atoms with Crippen LogP contribution in [0.25, 0.3) is 11.0 Å². The second-order valence-corrected chi connectivity index (χ2v) is 6.48. The lowest BCUT2D eigenvalue weighted by atomic mass is 9.89. The number of fused-ring (bicyclic) bond motifs is 3. The van der Waals surface area contributed by atoms with E-state index in [0.29, 0.717) is 0 Å². The first-order valence-corrected chi connectivity index (χ1v) is 7.60. The van der Waals surface area contributed by atoms with Crippen LogP contribution >= 0.6 is 0 Å².